The maximum absolute atomic E-state index is 11.2. The number of nitrogens with two attached hydrogens (primary N) is 1. The molecule has 0 spiro atoms. The average Bonchev–Trinajstić information content (AvgIpc) is 2.96. The topological polar surface area (TPSA) is 186 Å². The predicted octanol–water partition coefficient (Wildman–Crippen LogP) is -1.81. The van der Waals surface area contributed by atoms with Gasteiger partial charge >= 0.3 is 7.82 Å². The number of fused-ring (bicyclic) bond motifs is 6. The molecule has 2 bridgehead atoms. The standard InChI is InChI=1S/C10H12N5O7P/c11-7-2-8(13-1-12-7)15-9(14-2)6(22-23(18,19)20)5-3(16)4(17)10(15)21-5/h1,3-6,10,16-17H,(H2,11,12,13)(H2,18,19,20)/t3-,4+,5?,6+,10+/m0/s1. The van der Waals surface area contributed by atoms with Crippen LogP contribution in [0.2, 0.25) is 0 Å². The van der Waals surface area contributed by atoms with Crippen molar-refractivity contribution < 1.29 is 33.8 Å². The van der Waals surface area contributed by atoms with E-state index in [9.17, 15) is 14.8 Å². The first kappa shape index (κ1) is 14.9. The van der Waals surface area contributed by atoms with E-state index in [2.05, 4.69) is 15.0 Å². The van der Waals surface area contributed by atoms with Crippen LogP contribution in [0.15, 0.2) is 6.33 Å². The van der Waals surface area contributed by atoms with E-state index in [4.69, 9.17) is 24.8 Å². The number of aromatic nitrogens is 4. The molecule has 0 aromatic carbocycles. The number of aliphatic hydroxyl groups excluding tert-OH is 2. The maximum Gasteiger partial charge on any atom is 0.470 e. The van der Waals surface area contributed by atoms with Gasteiger partial charge in [-0.25, -0.2) is 19.5 Å². The van der Waals surface area contributed by atoms with E-state index in [0.29, 0.717) is 0 Å². The monoisotopic (exact) mass is 345 g/mol. The Morgan fingerprint density at radius 2 is 2.04 bits per heavy atom. The first-order valence-corrected chi connectivity index (χ1v) is 8.05. The summed E-state index contributed by atoms with van der Waals surface area (Å²) in [5.41, 5.74) is 6.10. The molecule has 2 aromatic rings. The molecule has 2 aliphatic heterocycles. The summed E-state index contributed by atoms with van der Waals surface area (Å²) in [5.74, 6) is 0.0881. The summed E-state index contributed by atoms with van der Waals surface area (Å²) in [6.45, 7) is 0. The molecule has 2 aromatic heterocycles. The van der Waals surface area contributed by atoms with Crippen molar-refractivity contribution in [2.45, 2.75) is 30.6 Å². The first-order chi connectivity index (χ1) is 10.8. The van der Waals surface area contributed by atoms with Gasteiger partial charge in [0.05, 0.1) is 0 Å². The van der Waals surface area contributed by atoms with E-state index in [1.165, 1.54) is 10.9 Å². The Kier molecular flexibility index (Phi) is 3.03. The minimum absolute atomic E-state index is 0.0346. The summed E-state index contributed by atoms with van der Waals surface area (Å²) in [6, 6.07) is 0. The summed E-state index contributed by atoms with van der Waals surface area (Å²) < 4.78 is 22.7. The van der Waals surface area contributed by atoms with Gasteiger partial charge in [0.1, 0.15) is 30.5 Å². The number of phosphoric ester groups is 1. The molecule has 13 heteroatoms. The number of nitrogen functional groups attached to an aromatic ring is 1. The summed E-state index contributed by atoms with van der Waals surface area (Å²) >= 11 is 0. The highest BCUT2D eigenvalue weighted by Gasteiger charge is 2.56. The highest BCUT2D eigenvalue weighted by Crippen LogP contribution is 2.51. The molecule has 5 atom stereocenters. The smallest absolute Gasteiger partial charge is 0.387 e. The quantitative estimate of drug-likeness (QED) is 0.386. The molecule has 12 nitrogen and oxygen atoms in total. The van der Waals surface area contributed by atoms with Crippen LogP contribution in [0.1, 0.15) is 18.2 Å². The molecule has 0 saturated carbocycles. The Morgan fingerprint density at radius 1 is 1.30 bits per heavy atom. The molecule has 2 aliphatic rings. The highest BCUT2D eigenvalue weighted by atomic mass is 31.2. The zero-order valence-electron chi connectivity index (χ0n) is 11.3. The van der Waals surface area contributed by atoms with E-state index >= 15 is 0 Å². The van der Waals surface area contributed by atoms with Crippen LogP contribution in [0.25, 0.3) is 11.2 Å². The summed E-state index contributed by atoms with van der Waals surface area (Å²) in [5, 5.41) is 20.2. The van der Waals surface area contributed by atoms with E-state index in [1.54, 1.807) is 0 Å². The molecule has 0 aliphatic carbocycles. The Labute approximate surface area is 127 Å². The van der Waals surface area contributed by atoms with Gasteiger partial charge in [0, 0.05) is 0 Å². The number of ether oxygens (including phenoxy) is 1. The van der Waals surface area contributed by atoms with Crippen LogP contribution in [0.3, 0.4) is 0 Å². The number of imidazole rings is 1. The molecular weight excluding hydrogens is 333 g/mol. The summed E-state index contributed by atoms with van der Waals surface area (Å²) in [4.78, 5) is 30.2. The number of anilines is 1. The lowest BCUT2D eigenvalue weighted by Gasteiger charge is -2.30. The molecule has 1 unspecified atom stereocenters. The molecule has 0 amide bonds. The van der Waals surface area contributed by atoms with Crippen LogP contribution in [-0.4, -0.2) is 57.8 Å². The van der Waals surface area contributed by atoms with Gasteiger partial charge in [-0.05, 0) is 0 Å². The number of nitrogens with zero attached hydrogens (tertiary/aromatic N) is 4. The SMILES string of the molecule is Nc1ncnc2c1nc1n2[C@@H]2OC([C@@H](O)[C@H]2O)[C@H]1OP(=O)(O)O. The number of hydrogen-bond donors (Lipinski definition) is 5. The number of phosphoric acid groups is 1. The fourth-order valence-corrected chi connectivity index (χ4v) is 3.46. The lowest BCUT2D eigenvalue weighted by molar-refractivity contribution is -0.111. The lowest BCUT2D eigenvalue weighted by Crippen LogP contribution is -2.35. The van der Waals surface area contributed by atoms with Crippen LogP contribution in [0, 0.1) is 0 Å². The van der Waals surface area contributed by atoms with Crippen molar-refractivity contribution in [2.75, 3.05) is 5.73 Å². The van der Waals surface area contributed by atoms with E-state index < -0.39 is 38.5 Å². The maximum atomic E-state index is 11.2. The third kappa shape index (κ3) is 2.08. The Hall–Kier alpha value is -1.66. The summed E-state index contributed by atoms with van der Waals surface area (Å²) in [7, 11) is -4.92. The first-order valence-electron chi connectivity index (χ1n) is 6.52. The van der Waals surface area contributed by atoms with Crippen LogP contribution >= 0.6 is 7.82 Å². The molecule has 0 radical (unpaired) electrons. The third-order valence-corrected chi connectivity index (χ3v) is 4.37. The lowest BCUT2D eigenvalue weighted by atomic mass is 10.1. The largest absolute Gasteiger partial charge is 0.470 e. The van der Waals surface area contributed by atoms with Crippen LogP contribution in [-0.2, 0) is 13.8 Å². The second-order valence-corrected chi connectivity index (χ2v) is 6.45. The van der Waals surface area contributed by atoms with Gasteiger partial charge in [0.15, 0.2) is 29.3 Å². The fraction of sp³-hybridized carbons (Fsp3) is 0.500. The van der Waals surface area contributed by atoms with Gasteiger partial charge in [-0.3, -0.25) is 9.09 Å². The summed E-state index contributed by atoms with van der Waals surface area (Å²) in [6.07, 6.45) is -5.21. The van der Waals surface area contributed by atoms with Gasteiger partial charge in [0.25, 0.3) is 0 Å². The second-order valence-electron chi connectivity index (χ2n) is 5.26. The van der Waals surface area contributed by atoms with Crippen molar-refractivity contribution in [3.8, 4) is 0 Å². The Morgan fingerprint density at radius 3 is 2.74 bits per heavy atom. The molecule has 1 fully saturated rings. The van der Waals surface area contributed by atoms with Gasteiger partial charge in [-0.2, -0.15) is 0 Å². The van der Waals surface area contributed by atoms with Crippen LogP contribution < -0.4 is 5.73 Å². The number of hydrogen-bond acceptors (Lipinski definition) is 9. The molecule has 124 valence electrons. The second kappa shape index (κ2) is 4.68. The minimum atomic E-state index is -4.92. The molecule has 6 N–H and O–H groups in total. The number of rotatable bonds is 2. The van der Waals surface area contributed by atoms with Crippen molar-refractivity contribution >= 4 is 24.8 Å². The van der Waals surface area contributed by atoms with E-state index in [0.717, 1.165) is 0 Å². The van der Waals surface area contributed by atoms with Crippen molar-refractivity contribution in [3.63, 3.8) is 0 Å². The minimum Gasteiger partial charge on any atom is -0.387 e. The molecular formula is C10H12N5O7P. The van der Waals surface area contributed by atoms with Crippen molar-refractivity contribution in [1.82, 2.24) is 19.5 Å². The van der Waals surface area contributed by atoms with Gasteiger partial charge < -0.3 is 30.5 Å². The fourth-order valence-electron chi connectivity index (χ4n) is 2.95. The van der Waals surface area contributed by atoms with Crippen LogP contribution in [0.5, 0.6) is 0 Å². The van der Waals surface area contributed by atoms with Gasteiger partial charge in [0.2, 0.25) is 0 Å². The average molecular weight is 345 g/mol. The number of aliphatic hydroxyl groups is 2. The van der Waals surface area contributed by atoms with E-state index in [-0.39, 0.29) is 22.8 Å². The highest BCUT2D eigenvalue weighted by molar-refractivity contribution is 7.46. The van der Waals surface area contributed by atoms with E-state index in [1.807, 2.05) is 0 Å². The zero-order chi connectivity index (χ0) is 16.5. The molecule has 4 heterocycles. The molecule has 1 saturated heterocycles. The van der Waals surface area contributed by atoms with Gasteiger partial charge in [-0.15, -0.1) is 0 Å². The molecule has 4 rings (SSSR count). The third-order valence-electron chi connectivity index (χ3n) is 3.87. The van der Waals surface area contributed by atoms with Crippen molar-refractivity contribution in [3.05, 3.63) is 12.2 Å². The Bertz CT molecular complexity index is 836. The van der Waals surface area contributed by atoms with Crippen molar-refractivity contribution in [2.24, 2.45) is 0 Å². The normalized spacial score (nSPS) is 33.1. The molecule has 23 heavy (non-hydrogen) atoms. The van der Waals surface area contributed by atoms with Crippen molar-refractivity contribution in [1.29, 1.82) is 0 Å². The predicted molar refractivity (Wildman–Crippen MR) is 71.5 cm³/mol. The zero-order valence-corrected chi connectivity index (χ0v) is 12.2. The van der Waals surface area contributed by atoms with Crippen LogP contribution in [0.4, 0.5) is 5.82 Å². The Balaban J connectivity index is 1.96. The van der Waals surface area contributed by atoms with Gasteiger partial charge in [-0.1, -0.05) is 0 Å².